The van der Waals surface area contributed by atoms with Crippen LogP contribution in [0.5, 0.6) is 0 Å². The van der Waals surface area contributed by atoms with Gasteiger partial charge in [-0.25, -0.2) is 14.2 Å². The van der Waals surface area contributed by atoms with Crippen molar-refractivity contribution in [3.8, 4) is 0 Å². The molecule has 0 spiro atoms. The third kappa shape index (κ3) is 3.01. The maximum absolute atomic E-state index is 13.9. The largest absolute Gasteiger partial charge is 0.235 e. The molecule has 2 nitrogen and oxygen atoms in total. The van der Waals surface area contributed by atoms with Crippen molar-refractivity contribution in [2.24, 2.45) is 4.99 Å². The summed E-state index contributed by atoms with van der Waals surface area (Å²) in [5.41, 5.74) is 1.55. The average Bonchev–Trinajstić information content (AvgIpc) is 2.37. The molecule has 1 aliphatic carbocycles. The summed E-state index contributed by atoms with van der Waals surface area (Å²) in [6.07, 6.45) is 7.30. The molecule has 0 radical (unpaired) electrons. The molecular formula is C14H16FNO. The summed E-state index contributed by atoms with van der Waals surface area (Å²) in [5, 5.41) is 0. The van der Waals surface area contributed by atoms with Gasteiger partial charge in [0.25, 0.3) is 0 Å². The molecule has 2 rings (SSSR count). The minimum Gasteiger partial charge on any atom is -0.211 e. The predicted molar refractivity (Wildman–Crippen MR) is 64.1 cm³/mol. The van der Waals surface area contributed by atoms with Gasteiger partial charge in [-0.05, 0) is 36.0 Å². The molecular weight excluding hydrogens is 217 g/mol. The number of rotatable bonds is 3. The highest BCUT2D eigenvalue weighted by atomic mass is 19.1. The van der Waals surface area contributed by atoms with Crippen molar-refractivity contribution in [3.63, 3.8) is 0 Å². The first-order chi connectivity index (χ1) is 8.31. The molecule has 3 heteroatoms. The van der Waals surface area contributed by atoms with Crippen molar-refractivity contribution in [2.75, 3.05) is 0 Å². The van der Waals surface area contributed by atoms with E-state index < -0.39 is 0 Å². The number of carbonyl (C=O) groups excluding carboxylic acids is 1. The topological polar surface area (TPSA) is 29.4 Å². The number of aliphatic imine (C=N–C) groups is 1. The van der Waals surface area contributed by atoms with Crippen LogP contribution in [0.2, 0.25) is 0 Å². The van der Waals surface area contributed by atoms with Gasteiger partial charge in [0.2, 0.25) is 6.08 Å². The SMILES string of the molecule is O=C=NCc1ccc(C2CCCCC2)c(F)c1. The van der Waals surface area contributed by atoms with Crippen LogP contribution in [0.15, 0.2) is 23.2 Å². The molecule has 1 saturated carbocycles. The maximum Gasteiger partial charge on any atom is 0.235 e. The Hall–Kier alpha value is -1.47. The second kappa shape index (κ2) is 5.74. The molecule has 0 saturated heterocycles. The smallest absolute Gasteiger partial charge is 0.211 e. The molecule has 0 amide bonds. The number of hydrogen-bond acceptors (Lipinski definition) is 2. The van der Waals surface area contributed by atoms with Crippen LogP contribution in [0.3, 0.4) is 0 Å². The Morgan fingerprint density at radius 3 is 2.71 bits per heavy atom. The number of isocyanates is 1. The fourth-order valence-electron chi connectivity index (χ4n) is 2.54. The van der Waals surface area contributed by atoms with Crippen molar-refractivity contribution in [1.29, 1.82) is 0 Å². The molecule has 0 atom stereocenters. The van der Waals surface area contributed by atoms with Crippen LogP contribution in [0.1, 0.15) is 49.1 Å². The van der Waals surface area contributed by atoms with E-state index >= 15 is 0 Å². The normalized spacial score (nSPS) is 16.5. The summed E-state index contributed by atoms with van der Waals surface area (Å²) in [7, 11) is 0. The van der Waals surface area contributed by atoms with E-state index in [0.717, 1.165) is 24.0 Å². The molecule has 0 aromatic heterocycles. The van der Waals surface area contributed by atoms with E-state index in [9.17, 15) is 9.18 Å². The van der Waals surface area contributed by atoms with Gasteiger partial charge >= 0.3 is 0 Å². The third-order valence-corrected chi connectivity index (χ3v) is 3.44. The first-order valence-electron chi connectivity index (χ1n) is 6.13. The molecule has 0 heterocycles. The van der Waals surface area contributed by atoms with Crippen molar-refractivity contribution in [3.05, 3.63) is 35.1 Å². The van der Waals surface area contributed by atoms with Crippen molar-refractivity contribution in [1.82, 2.24) is 0 Å². The summed E-state index contributed by atoms with van der Waals surface area (Å²) >= 11 is 0. The lowest BCUT2D eigenvalue weighted by Crippen LogP contribution is -2.06. The first kappa shape index (κ1) is 12.0. The van der Waals surface area contributed by atoms with Crippen molar-refractivity contribution >= 4 is 6.08 Å². The van der Waals surface area contributed by atoms with Crippen LogP contribution in [-0.2, 0) is 11.3 Å². The van der Waals surface area contributed by atoms with E-state index in [1.807, 2.05) is 12.1 Å². The molecule has 0 bridgehead atoms. The van der Waals surface area contributed by atoms with E-state index in [0.29, 0.717) is 5.92 Å². The Labute approximate surface area is 101 Å². The van der Waals surface area contributed by atoms with Crippen LogP contribution < -0.4 is 0 Å². The van der Waals surface area contributed by atoms with Crippen LogP contribution in [0.25, 0.3) is 0 Å². The number of halogens is 1. The molecule has 0 unspecified atom stereocenters. The lowest BCUT2D eigenvalue weighted by molar-refractivity contribution is 0.429. The van der Waals surface area contributed by atoms with E-state index in [1.54, 1.807) is 0 Å². The fourth-order valence-corrected chi connectivity index (χ4v) is 2.54. The zero-order valence-electron chi connectivity index (χ0n) is 9.79. The molecule has 1 aromatic rings. The lowest BCUT2D eigenvalue weighted by atomic mass is 9.83. The highest BCUT2D eigenvalue weighted by molar-refractivity contribution is 5.34. The highest BCUT2D eigenvalue weighted by Gasteiger charge is 2.18. The lowest BCUT2D eigenvalue weighted by Gasteiger charge is -2.22. The summed E-state index contributed by atoms with van der Waals surface area (Å²) in [6, 6.07) is 5.19. The summed E-state index contributed by atoms with van der Waals surface area (Å²) in [4.78, 5) is 13.4. The fraction of sp³-hybridized carbons (Fsp3) is 0.500. The quantitative estimate of drug-likeness (QED) is 0.578. The van der Waals surface area contributed by atoms with E-state index in [2.05, 4.69) is 4.99 Å². The molecule has 1 aliphatic rings. The highest BCUT2D eigenvalue weighted by Crippen LogP contribution is 2.34. The molecule has 17 heavy (non-hydrogen) atoms. The van der Waals surface area contributed by atoms with Crippen molar-refractivity contribution in [2.45, 2.75) is 44.6 Å². The van der Waals surface area contributed by atoms with Crippen LogP contribution in [0, 0.1) is 5.82 Å². The van der Waals surface area contributed by atoms with E-state index in [1.165, 1.54) is 31.4 Å². The second-order valence-corrected chi connectivity index (χ2v) is 4.60. The molecule has 90 valence electrons. The Morgan fingerprint density at radius 2 is 2.06 bits per heavy atom. The van der Waals surface area contributed by atoms with Gasteiger partial charge in [-0.3, -0.25) is 0 Å². The third-order valence-electron chi connectivity index (χ3n) is 3.44. The second-order valence-electron chi connectivity index (χ2n) is 4.60. The number of nitrogens with zero attached hydrogens (tertiary/aromatic N) is 1. The zero-order chi connectivity index (χ0) is 12.1. The van der Waals surface area contributed by atoms with E-state index in [-0.39, 0.29) is 12.4 Å². The van der Waals surface area contributed by atoms with Gasteiger partial charge in [0.05, 0.1) is 6.54 Å². The van der Waals surface area contributed by atoms with Gasteiger partial charge in [0.1, 0.15) is 5.82 Å². The van der Waals surface area contributed by atoms with Gasteiger partial charge in [-0.2, -0.15) is 0 Å². The predicted octanol–water partition coefficient (Wildman–Crippen LogP) is 3.71. The molecule has 1 fully saturated rings. The van der Waals surface area contributed by atoms with E-state index in [4.69, 9.17) is 0 Å². The van der Waals surface area contributed by atoms with Crippen molar-refractivity contribution < 1.29 is 9.18 Å². The maximum atomic E-state index is 13.9. The van der Waals surface area contributed by atoms with Crippen LogP contribution in [0.4, 0.5) is 4.39 Å². The minimum atomic E-state index is -0.157. The first-order valence-corrected chi connectivity index (χ1v) is 6.13. The molecule has 0 N–H and O–H groups in total. The Balaban J connectivity index is 2.15. The van der Waals surface area contributed by atoms with Gasteiger partial charge in [0, 0.05) is 0 Å². The Bertz CT molecular complexity index is 432. The van der Waals surface area contributed by atoms with Gasteiger partial charge in [0.15, 0.2) is 0 Å². The van der Waals surface area contributed by atoms with Gasteiger partial charge in [-0.15, -0.1) is 0 Å². The molecule has 0 aliphatic heterocycles. The standard InChI is InChI=1S/C14H16FNO/c15-14-8-11(9-16-10-17)6-7-13(14)12-4-2-1-3-5-12/h6-8,12H,1-5,9H2. The molecule has 1 aromatic carbocycles. The summed E-state index contributed by atoms with van der Waals surface area (Å²) in [6.45, 7) is 0.214. The zero-order valence-corrected chi connectivity index (χ0v) is 9.79. The Kier molecular flexibility index (Phi) is 4.05. The minimum absolute atomic E-state index is 0.157. The number of benzene rings is 1. The van der Waals surface area contributed by atoms with Gasteiger partial charge in [-0.1, -0.05) is 31.4 Å². The summed E-state index contributed by atoms with van der Waals surface area (Å²) in [5.74, 6) is 0.211. The van der Waals surface area contributed by atoms with Crippen LogP contribution in [-0.4, -0.2) is 6.08 Å². The number of hydrogen-bond donors (Lipinski definition) is 0. The van der Waals surface area contributed by atoms with Crippen LogP contribution >= 0.6 is 0 Å². The monoisotopic (exact) mass is 233 g/mol. The Morgan fingerprint density at radius 1 is 1.29 bits per heavy atom. The summed E-state index contributed by atoms with van der Waals surface area (Å²) < 4.78 is 13.9. The average molecular weight is 233 g/mol. The van der Waals surface area contributed by atoms with Gasteiger partial charge < -0.3 is 0 Å².